The predicted octanol–water partition coefficient (Wildman–Crippen LogP) is 7.47. The fraction of sp³-hybridized carbons (Fsp3) is 0.222. The van der Waals surface area contributed by atoms with Crippen molar-refractivity contribution >= 4 is 40.3 Å². The fourth-order valence-electron chi connectivity index (χ4n) is 6.60. The Morgan fingerprint density at radius 1 is 0.814 bits per heavy atom. The number of methoxy groups -OCH3 is 2. The van der Waals surface area contributed by atoms with E-state index in [4.69, 9.17) is 14.5 Å². The summed E-state index contributed by atoms with van der Waals surface area (Å²) in [5, 5.41) is 3.57. The number of anilines is 1. The van der Waals surface area contributed by atoms with E-state index in [9.17, 15) is 4.79 Å². The number of amidine groups is 1. The van der Waals surface area contributed by atoms with Gasteiger partial charge in [-0.2, -0.15) is 0 Å². The van der Waals surface area contributed by atoms with Crippen molar-refractivity contribution in [2.24, 2.45) is 4.99 Å². The summed E-state index contributed by atoms with van der Waals surface area (Å²) >= 11 is 1.36. The van der Waals surface area contributed by atoms with Gasteiger partial charge in [-0.1, -0.05) is 66.7 Å². The number of amides is 1. The zero-order valence-corrected chi connectivity index (χ0v) is 25.1. The number of rotatable bonds is 6. The maximum atomic E-state index is 13.0. The molecule has 2 atom stereocenters. The van der Waals surface area contributed by atoms with Gasteiger partial charge in [-0.05, 0) is 82.8 Å². The van der Waals surface area contributed by atoms with E-state index in [1.807, 2.05) is 24.3 Å². The maximum absolute atomic E-state index is 13.0. The molecule has 216 valence electrons. The van der Waals surface area contributed by atoms with Crippen LogP contribution in [0.2, 0.25) is 0 Å². The fourth-order valence-corrected chi connectivity index (χ4v) is 7.44. The zero-order chi connectivity index (χ0) is 29.3. The predicted molar refractivity (Wildman–Crippen MR) is 175 cm³/mol. The monoisotopic (exact) mass is 587 g/mol. The first-order valence-corrected chi connectivity index (χ1v) is 15.5. The van der Waals surface area contributed by atoms with Crippen LogP contribution in [0.1, 0.15) is 52.5 Å². The number of nitrogens with zero attached hydrogens (tertiary/aromatic N) is 2. The van der Waals surface area contributed by atoms with Gasteiger partial charge in [-0.3, -0.25) is 4.79 Å². The van der Waals surface area contributed by atoms with Crippen molar-refractivity contribution in [1.29, 1.82) is 0 Å². The van der Waals surface area contributed by atoms with Gasteiger partial charge in [0.15, 0.2) is 16.7 Å². The molecule has 1 fully saturated rings. The summed E-state index contributed by atoms with van der Waals surface area (Å²) in [5.41, 5.74) is 8.40. The molecule has 0 saturated carbocycles. The van der Waals surface area contributed by atoms with E-state index < -0.39 is 0 Å². The van der Waals surface area contributed by atoms with Gasteiger partial charge >= 0.3 is 0 Å². The first-order chi connectivity index (χ1) is 21.1. The molecule has 3 heterocycles. The van der Waals surface area contributed by atoms with Gasteiger partial charge < -0.3 is 19.7 Å². The highest BCUT2D eigenvalue weighted by molar-refractivity contribution is 8.18. The molecule has 0 aromatic heterocycles. The molecular weight excluding hydrogens is 554 g/mol. The van der Waals surface area contributed by atoms with Crippen molar-refractivity contribution < 1.29 is 14.3 Å². The van der Waals surface area contributed by atoms with Crippen molar-refractivity contribution in [3.8, 4) is 11.5 Å². The molecule has 6 nitrogen and oxygen atoms in total. The van der Waals surface area contributed by atoms with Gasteiger partial charge in [-0.15, -0.1) is 0 Å². The van der Waals surface area contributed by atoms with E-state index in [1.54, 1.807) is 14.2 Å². The second kappa shape index (κ2) is 11.7. The minimum absolute atomic E-state index is 0.159. The summed E-state index contributed by atoms with van der Waals surface area (Å²) in [6.45, 7) is 2.09. The number of carbonyl (C=O) groups excluding carboxylic acids is 1. The number of thioether (sulfide) groups is 1. The topological polar surface area (TPSA) is 63.2 Å². The van der Waals surface area contributed by atoms with Crippen molar-refractivity contribution in [2.45, 2.75) is 24.7 Å². The Balaban J connectivity index is 1.28. The molecule has 1 N–H and O–H groups in total. The van der Waals surface area contributed by atoms with E-state index in [-0.39, 0.29) is 5.91 Å². The average molecular weight is 588 g/mol. The maximum Gasteiger partial charge on any atom is 0.264 e. The molecule has 4 aromatic carbocycles. The highest BCUT2D eigenvalue weighted by atomic mass is 32.2. The molecule has 0 unspecified atom stereocenters. The van der Waals surface area contributed by atoms with Gasteiger partial charge in [0.2, 0.25) is 0 Å². The molecule has 43 heavy (non-hydrogen) atoms. The lowest BCUT2D eigenvalue weighted by Gasteiger charge is -2.43. The smallest absolute Gasteiger partial charge is 0.264 e. The van der Waals surface area contributed by atoms with Crippen LogP contribution in [0.15, 0.2) is 101 Å². The van der Waals surface area contributed by atoms with Gasteiger partial charge in [-0.25, -0.2) is 4.99 Å². The number of nitrogens with one attached hydrogen (secondary N) is 1. The molecule has 0 aliphatic carbocycles. The lowest BCUT2D eigenvalue weighted by atomic mass is 9.76. The third-order valence-electron chi connectivity index (χ3n) is 8.59. The Bertz CT molecular complexity index is 1660. The molecule has 0 radical (unpaired) electrons. The van der Waals surface area contributed by atoms with E-state index in [0.717, 1.165) is 37.2 Å². The third kappa shape index (κ3) is 5.30. The van der Waals surface area contributed by atoms with Gasteiger partial charge in [0, 0.05) is 30.6 Å². The number of aliphatic imine (C=N–C) groups is 1. The largest absolute Gasteiger partial charge is 0.493 e. The van der Waals surface area contributed by atoms with E-state index in [1.165, 1.54) is 39.7 Å². The minimum Gasteiger partial charge on any atom is -0.493 e. The van der Waals surface area contributed by atoms with Crippen molar-refractivity contribution in [3.63, 3.8) is 0 Å². The number of hydrogen-bond acceptors (Lipinski definition) is 6. The molecule has 7 heteroatoms. The van der Waals surface area contributed by atoms with Crippen LogP contribution in [-0.2, 0) is 4.79 Å². The Kier molecular flexibility index (Phi) is 7.41. The number of hydrogen-bond donors (Lipinski definition) is 1. The first kappa shape index (κ1) is 27.3. The quantitative estimate of drug-likeness (QED) is 0.237. The second-order valence-corrected chi connectivity index (χ2v) is 12.1. The van der Waals surface area contributed by atoms with Crippen LogP contribution in [0, 0.1) is 0 Å². The average Bonchev–Trinajstić information content (AvgIpc) is 3.39. The van der Waals surface area contributed by atoms with Crippen LogP contribution in [0.3, 0.4) is 0 Å². The summed E-state index contributed by atoms with van der Waals surface area (Å²) < 4.78 is 10.8. The molecule has 3 aliphatic rings. The summed E-state index contributed by atoms with van der Waals surface area (Å²) in [6.07, 6.45) is 3.99. The van der Waals surface area contributed by atoms with Crippen molar-refractivity contribution in [3.05, 3.63) is 124 Å². The number of carbonyl (C=O) groups is 1. The SMILES string of the molecule is COc1ccc(/C=C2\SC(=Nc3cc4c5c(c3)[C@@H](c3ccccc3)CCN5CC[C@@H]4c3ccccc3)NC2=O)cc1OC. The molecule has 7 rings (SSSR count). The molecule has 3 aliphatic heterocycles. The van der Waals surface area contributed by atoms with Crippen LogP contribution in [0.25, 0.3) is 6.08 Å². The van der Waals surface area contributed by atoms with E-state index >= 15 is 0 Å². The summed E-state index contributed by atoms with van der Waals surface area (Å²) in [5.74, 6) is 1.70. The van der Waals surface area contributed by atoms with Gasteiger partial charge in [0.1, 0.15) is 0 Å². The standard InChI is InChI=1S/C36H33N3O3S/c1-41-31-14-13-23(19-32(31)42-2)20-33-35(40)38-36(43-33)37-26-21-29-27(24-9-5-3-6-10-24)15-17-39-18-16-28(30(22-26)34(29)39)25-11-7-4-8-12-25/h3-14,19-22,27-28H,15-18H2,1-2H3,(H,37,38,40)/b33-20-/t27-,28-/m1/s1. The Labute approximate surface area is 256 Å². The Hall–Kier alpha value is -4.49. The molecule has 0 bridgehead atoms. The zero-order valence-electron chi connectivity index (χ0n) is 24.2. The van der Waals surface area contributed by atoms with Crippen LogP contribution >= 0.6 is 11.8 Å². The lowest BCUT2D eigenvalue weighted by Crippen LogP contribution is -2.37. The molecular formula is C36H33N3O3S. The minimum atomic E-state index is -0.159. The van der Waals surface area contributed by atoms with Crippen LogP contribution < -0.4 is 19.7 Å². The Morgan fingerprint density at radius 3 is 2.00 bits per heavy atom. The normalized spacial score (nSPS) is 21.1. The lowest BCUT2D eigenvalue weighted by molar-refractivity contribution is -0.115. The van der Waals surface area contributed by atoms with Gasteiger partial charge in [0.05, 0.1) is 24.8 Å². The third-order valence-corrected chi connectivity index (χ3v) is 9.50. The van der Waals surface area contributed by atoms with E-state index in [0.29, 0.717) is 33.4 Å². The van der Waals surface area contributed by atoms with E-state index in [2.05, 4.69) is 83.0 Å². The second-order valence-electron chi connectivity index (χ2n) is 11.1. The number of ether oxygens (including phenoxy) is 2. The van der Waals surface area contributed by atoms with Crippen LogP contribution in [0.5, 0.6) is 11.5 Å². The van der Waals surface area contributed by atoms with Gasteiger partial charge in [0.25, 0.3) is 5.91 Å². The van der Waals surface area contributed by atoms with Crippen LogP contribution in [-0.4, -0.2) is 38.4 Å². The van der Waals surface area contributed by atoms with Crippen molar-refractivity contribution in [1.82, 2.24) is 5.32 Å². The highest BCUT2D eigenvalue weighted by Crippen LogP contribution is 2.50. The summed E-state index contributed by atoms with van der Waals surface area (Å²) in [6, 6.07) is 31.7. The molecule has 4 aromatic rings. The first-order valence-electron chi connectivity index (χ1n) is 14.7. The molecule has 1 amide bonds. The molecule has 0 spiro atoms. The summed E-state index contributed by atoms with van der Waals surface area (Å²) in [4.78, 5) is 21.2. The highest BCUT2D eigenvalue weighted by Gasteiger charge is 2.35. The summed E-state index contributed by atoms with van der Waals surface area (Å²) in [7, 11) is 3.21. The number of benzene rings is 4. The van der Waals surface area contributed by atoms with Crippen LogP contribution in [0.4, 0.5) is 11.4 Å². The van der Waals surface area contributed by atoms with Crippen molar-refractivity contribution in [2.75, 3.05) is 32.2 Å². The Morgan fingerprint density at radius 2 is 1.42 bits per heavy atom. The molecule has 1 saturated heterocycles.